The maximum absolute atomic E-state index is 11.3. The first-order valence-electron chi connectivity index (χ1n) is 10.5. The Kier molecular flexibility index (Phi) is 7.20. The number of carbonyl (C=O) groups is 1. The average Bonchev–Trinajstić information content (AvgIpc) is 3.17. The summed E-state index contributed by atoms with van der Waals surface area (Å²) >= 11 is 6.19. The van der Waals surface area contributed by atoms with E-state index in [9.17, 15) is 9.90 Å². The van der Waals surface area contributed by atoms with Gasteiger partial charge >= 0.3 is 5.97 Å². The van der Waals surface area contributed by atoms with E-state index in [-0.39, 0.29) is 12.0 Å². The number of halogens is 1. The first-order chi connectivity index (χ1) is 13.9. The number of carboxylic acids is 1. The van der Waals surface area contributed by atoms with Crippen LogP contribution in [0.25, 0.3) is 0 Å². The number of benzene rings is 2. The number of carboxylic acid groups (broad SMARTS) is 1. The van der Waals surface area contributed by atoms with Crippen LogP contribution in [-0.2, 0) is 17.8 Å². The molecule has 156 valence electrons. The molecule has 1 heterocycles. The number of anilines is 1. The molecular weight excluding hydrogens is 384 g/mol. The third-order valence-electron chi connectivity index (χ3n) is 5.94. The van der Waals surface area contributed by atoms with E-state index in [4.69, 9.17) is 11.6 Å². The summed E-state index contributed by atoms with van der Waals surface area (Å²) < 4.78 is 0. The van der Waals surface area contributed by atoms with Crippen LogP contribution in [0, 0.1) is 12.8 Å². The van der Waals surface area contributed by atoms with E-state index < -0.39 is 5.97 Å². The Morgan fingerprint density at radius 2 is 2.03 bits per heavy atom. The monoisotopic (exact) mass is 414 g/mol. The molecule has 1 saturated heterocycles. The van der Waals surface area contributed by atoms with Crippen molar-refractivity contribution in [3.63, 3.8) is 0 Å². The van der Waals surface area contributed by atoms with Gasteiger partial charge in [-0.25, -0.2) is 0 Å². The summed E-state index contributed by atoms with van der Waals surface area (Å²) in [6.45, 7) is 8.67. The number of nitrogens with one attached hydrogen (secondary N) is 1. The SMILES string of the molecule is CCc1ccc(N[C@H](CC)c2ccc(Cl)c(C)c2)cc1CN1CCC(C(=O)O)C1. The molecule has 0 aromatic heterocycles. The predicted octanol–water partition coefficient (Wildman–Crippen LogP) is 5.68. The van der Waals surface area contributed by atoms with Gasteiger partial charge in [0.05, 0.1) is 12.0 Å². The second-order valence-electron chi connectivity index (χ2n) is 8.01. The number of rotatable bonds is 8. The molecule has 0 bridgehead atoms. The topological polar surface area (TPSA) is 52.6 Å². The molecule has 2 N–H and O–H groups in total. The zero-order valence-electron chi connectivity index (χ0n) is 17.5. The quantitative estimate of drug-likeness (QED) is 0.583. The predicted molar refractivity (Wildman–Crippen MR) is 120 cm³/mol. The highest BCUT2D eigenvalue weighted by molar-refractivity contribution is 6.31. The second-order valence-corrected chi connectivity index (χ2v) is 8.42. The van der Waals surface area contributed by atoms with Crippen LogP contribution < -0.4 is 5.32 Å². The Morgan fingerprint density at radius 1 is 1.24 bits per heavy atom. The first kappa shape index (κ1) is 21.7. The van der Waals surface area contributed by atoms with Crippen molar-refractivity contribution in [2.45, 2.75) is 52.6 Å². The summed E-state index contributed by atoms with van der Waals surface area (Å²) in [4.78, 5) is 13.5. The Balaban J connectivity index is 1.76. The van der Waals surface area contributed by atoms with Crippen molar-refractivity contribution in [2.75, 3.05) is 18.4 Å². The molecule has 3 rings (SSSR count). The molecule has 0 radical (unpaired) electrons. The van der Waals surface area contributed by atoms with Gasteiger partial charge in [-0.3, -0.25) is 9.69 Å². The van der Waals surface area contributed by atoms with Crippen LogP contribution in [0.3, 0.4) is 0 Å². The fourth-order valence-electron chi connectivity index (χ4n) is 4.13. The standard InChI is InChI=1S/C24H31ClN2O2/c1-4-17-6-8-21(13-20(17)15-27-11-10-19(14-27)24(28)29)26-23(5-2)18-7-9-22(25)16(3)12-18/h6-9,12-13,19,23,26H,4-5,10-11,14-15H2,1-3H3,(H,28,29)/t19?,23-/m1/s1. The van der Waals surface area contributed by atoms with Gasteiger partial charge in [0.1, 0.15) is 0 Å². The first-order valence-corrected chi connectivity index (χ1v) is 10.9. The molecule has 5 heteroatoms. The molecule has 4 nitrogen and oxygen atoms in total. The minimum atomic E-state index is -0.678. The minimum Gasteiger partial charge on any atom is -0.481 e. The zero-order chi connectivity index (χ0) is 21.0. The Morgan fingerprint density at radius 3 is 2.66 bits per heavy atom. The minimum absolute atomic E-state index is 0.217. The number of aryl methyl sites for hydroxylation is 2. The van der Waals surface area contributed by atoms with Crippen molar-refractivity contribution in [2.24, 2.45) is 5.92 Å². The molecule has 2 aromatic rings. The van der Waals surface area contributed by atoms with E-state index in [2.05, 4.69) is 54.4 Å². The van der Waals surface area contributed by atoms with Crippen LogP contribution >= 0.6 is 11.6 Å². The summed E-state index contributed by atoms with van der Waals surface area (Å²) in [5, 5.41) is 13.7. The lowest BCUT2D eigenvalue weighted by atomic mass is 10.00. The molecule has 29 heavy (non-hydrogen) atoms. The number of aliphatic carboxylic acids is 1. The largest absolute Gasteiger partial charge is 0.481 e. The van der Waals surface area contributed by atoms with E-state index in [1.165, 1.54) is 16.7 Å². The number of nitrogens with zero attached hydrogens (tertiary/aromatic N) is 1. The molecule has 1 unspecified atom stereocenters. The zero-order valence-corrected chi connectivity index (χ0v) is 18.3. The molecule has 0 saturated carbocycles. The maximum atomic E-state index is 11.3. The number of hydrogen-bond acceptors (Lipinski definition) is 3. The molecule has 2 atom stereocenters. The summed E-state index contributed by atoms with van der Waals surface area (Å²) in [5.74, 6) is -0.915. The normalized spacial score (nSPS) is 18.0. The lowest BCUT2D eigenvalue weighted by Gasteiger charge is -2.22. The fraction of sp³-hybridized carbons (Fsp3) is 0.458. The third kappa shape index (κ3) is 5.31. The molecule has 1 aliphatic rings. The summed E-state index contributed by atoms with van der Waals surface area (Å²) in [7, 11) is 0. The molecule has 0 aliphatic carbocycles. The molecule has 0 spiro atoms. The molecule has 1 aliphatic heterocycles. The highest BCUT2D eigenvalue weighted by Crippen LogP contribution is 2.28. The summed E-state index contributed by atoms with van der Waals surface area (Å²) in [6, 6.07) is 13.0. The Bertz CT molecular complexity index is 868. The van der Waals surface area contributed by atoms with Crippen LogP contribution in [-0.4, -0.2) is 29.1 Å². The van der Waals surface area contributed by atoms with Crippen LogP contribution in [0.1, 0.15) is 55.0 Å². The van der Waals surface area contributed by atoms with Gasteiger partial charge in [-0.05, 0) is 73.2 Å². The molecule has 2 aromatic carbocycles. The van der Waals surface area contributed by atoms with E-state index in [0.717, 1.165) is 48.6 Å². The van der Waals surface area contributed by atoms with E-state index in [0.29, 0.717) is 6.54 Å². The Hall–Kier alpha value is -2.04. The fourth-order valence-corrected chi connectivity index (χ4v) is 4.25. The van der Waals surface area contributed by atoms with Crippen molar-refractivity contribution < 1.29 is 9.90 Å². The molecule has 1 fully saturated rings. The van der Waals surface area contributed by atoms with Crippen molar-refractivity contribution in [3.8, 4) is 0 Å². The van der Waals surface area contributed by atoms with Gasteiger partial charge < -0.3 is 10.4 Å². The Labute approximate surface area is 178 Å². The average molecular weight is 415 g/mol. The summed E-state index contributed by atoms with van der Waals surface area (Å²) in [5.41, 5.74) is 6.04. The van der Waals surface area contributed by atoms with E-state index >= 15 is 0 Å². The lowest BCUT2D eigenvalue weighted by molar-refractivity contribution is -0.141. The smallest absolute Gasteiger partial charge is 0.307 e. The van der Waals surface area contributed by atoms with Gasteiger partial charge in [0, 0.05) is 23.8 Å². The van der Waals surface area contributed by atoms with Crippen LogP contribution in [0.15, 0.2) is 36.4 Å². The van der Waals surface area contributed by atoms with Crippen molar-refractivity contribution >= 4 is 23.3 Å². The second kappa shape index (κ2) is 9.64. The summed E-state index contributed by atoms with van der Waals surface area (Å²) in [6.07, 6.45) is 2.68. The maximum Gasteiger partial charge on any atom is 0.307 e. The van der Waals surface area contributed by atoms with Gasteiger partial charge in [-0.1, -0.05) is 43.6 Å². The third-order valence-corrected chi connectivity index (χ3v) is 6.36. The number of hydrogen-bond donors (Lipinski definition) is 2. The highest BCUT2D eigenvalue weighted by atomic mass is 35.5. The molecular formula is C24H31ClN2O2. The van der Waals surface area contributed by atoms with Crippen LogP contribution in [0.2, 0.25) is 5.02 Å². The van der Waals surface area contributed by atoms with E-state index in [1.54, 1.807) is 0 Å². The van der Waals surface area contributed by atoms with E-state index in [1.807, 2.05) is 13.0 Å². The van der Waals surface area contributed by atoms with Crippen molar-refractivity contribution in [3.05, 3.63) is 63.7 Å². The van der Waals surface area contributed by atoms with Gasteiger partial charge in [0.15, 0.2) is 0 Å². The highest BCUT2D eigenvalue weighted by Gasteiger charge is 2.28. The van der Waals surface area contributed by atoms with Gasteiger partial charge in [0.2, 0.25) is 0 Å². The number of likely N-dealkylation sites (tertiary alicyclic amines) is 1. The van der Waals surface area contributed by atoms with Crippen LogP contribution in [0.4, 0.5) is 5.69 Å². The van der Waals surface area contributed by atoms with Crippen LogP contribution in [0.5, 0.6) is 0 Å². The van der Waals surface area contributed by atoms with Crippen molar-refractivity contribution in [1.29, 1.82) is 0 Å². The van der Waals surface area contributed by atoms with Gasteiger partial charge in [-0.2, -0.15) is 0 Å². The van der Waals surface area contributed by atoms with Crippen molar-refractivity contribution in [1.82, 2.24) is 4.90 Å². The molecule has 0 amide bonds. The van der Waals surface area contributed by atoms with Gasteiger partial charge in [0.25, 0.3) is 0 Å². The van der Waals surface area contributed by atoms with Gasteiger partial charge in [-0.15, -0.1) is 0 Å². The lowest BCUT2D eigenvalue weighted by Crippen LogP contribution is -2.23.